The van der Waals surface area contributed by atoms with Gasteiger partial charge in [0.2, 0.25) is 5.91 Å². The molecule has 0 radical (unpaired) electrons. The van der Waals surface area contributed by atoms with Gasteiger partial charge in [-0.25, -0.2) is 0 Å². The molecule has 20 heavy (non-hydrogen) atoms. The molecule has 1 aromatic rings. The van der Waals surface area contributed by atoms with Crippen molar-refractivity contribution in [1.29, 1.82) is 0 Å². The van der Waals surface area contributed by atoms with Crippen LogP contribution in [0.2, 0.25) is 0 Å². The van der Waals surface area contributed by atoms with E-state index in [9.17, 15) is 4.79 Å². The summed E-state index contributed by atoms with van der Waals surface area (Å²) in [5.41, 5.74) is 8.21. The van der Waals surface area contributed by atoms with Crippen LogP contribution < -0.4 is 11.1 Å². The molecule has 5 heteroatoms. The molecule has 5 nitrogen and oxygen atoms in total. The van der Waals surface area contributed by atoms with E-state index in [0.29, 0.717) is 24.3 Å². The average molecular weight is 279 g/mol. The first-order valence-corrected chi connectivity index (χ1v) is 7.05. The summed E-state index contributed by atoms with van der Waals surface area (Å²) >= 11 is 0. The average Bonchev–Trinajstić information content (AvgIpc) is 2.42. The van der Waals surface area contributed by atoms with E-state index in [4.69, 9.17) is 10.8 Å². The summed E-state index contributed by atoms with van der Waals surface area (Å²) in [7, 11) is 0. The second-order valence-electron chi connectivity index (χ2n) is 4.84. The summed E-state index contributed by atoms with van der Waals surface area (Å²) in [5.74, 6) is -0.0638. The first kappa shape index (κ1) is 16.5. The normalized spacial score (nSPS) is 12.4. The van der Waals surface area contributed by atoms with Gasteiger partial charge in [-0.1, -0.05) is 19.9 Å². The predicted molar refractivity (Wildman–Crippen MR) is 82.6 cm³/mol. The van der Waals surface area contributed by atoms with Crippen LogP contribution in [0.5, 0.6) is 0 Å². The number of nitrogens with two attached hydrogens (primary N) is 1. The van der Waals surface area contributed by atoms with Gasteiger partial charge in [0, 0.05) is 17.9 Å². The molecule has 4 N–H and O–H groups in total. The third-order valence-electron chi connectivity index (χ3n) is 3.47. The predicted octanol–water partition coefficient (Wildman–Crippen LogP) is 1.61. The fourth-order valence-electron chi connectivity index (χ4n) is 2.22. The van der Waals surface area contributed by atoms with Crippen molar-refractivity contribution in [2.24, 2.45) is 0 Å². The van der Waals surface area contributed by atoms with E-state index in [1.165, 1.54) is 0 Å². The molecule has 0 aliphatic heterocycles. The van der Waals surface area contributed by atoms with Crippen molar-refractivity contribution in [3.05, 3.63) is 23.8 Å². The van der Waals surface area contributed by atoms with Gasteiger partial charge in [-0.3, -0.25) is 9.69 Å². The molecule has 0 saturated carbocycles. The molecule has 0 bridgehead atoms. The molecule has 1 atom stereocenters. The van der Waals surface area contributed by atoms with E-state index in [2.05, 4.69) is 5.32 Å². The second kappa shape index (κ2) is 7.87. The highest BCUT2D eigenvalue weighted by atomic mass is 16.3. The van der Waals surface area contributed by atoms with Crippen molar-refractivity contribution in [1.82, 2.24) is 4.90 Å². The molecule has 0 spiro atoms. The van der Waals surface area contributed by atoms with Crippen LogP contribution in [-0.4, -0.2) is 41.7 Å². The zero-order valence-corrected chi connectivity index (χ0v) is 12.5. The van der Waals surface area contributed by atoms with E-state index in [0.717, 1.165) is 12.1 Å². The number of nitrogen functional groups attached to an aromatic ring is 1. The number of amides is 1. The monoisotopic (exact) mass is 279 g/mol. The Labute approximate surface area is 120 Å². The van der Waals surface area contributed by atoms with Crippen molar-refractivity contribution in [2.45, 2.75) is 33.2 Å². The minimum atomic E-state index is -0.241. The van der Waals surface area contributed by atoms with Crippen molar-refractivity contribution in [2.75, 3.05) is 30.7 Å². The maximum absolute atomic E-state index is 12.3. The molecule has 112 valence electrons. The highest BCUT2D eigenvalue weighted by Crippen LogP contribution is 2.18. The van der Waals surface area contributed by atoms with Gasteiger partial charge in [0.05, 0.1) is 12.6 Å². The fraction of sp³-hybridized carbons (Fsp3) is 0.533. The number of hydrogen-bond donors (Lipinski definition) is 3. The molecule has 1 unspecified atom stereocenters. The lowest BCUT2D eigenvalue weighted by Crippen LogP contribution is -2.44. The Morgan fingerprint density at radius 2 is 2.15 bits per heavy atom. The van der Waals surface area contributed by atoms with Gasteiger partial charge in [0.25, 0.3) is 0 Å². The first-order chi connectivity index (χ1) is 9.53. The van der Waals surface area contributed by atoms with E-state index in [-0.39, 0.29) is 18.6 Å². The number of hydrogen-bond acceptors (Lipinski definition) is 4. The topological polar surface area (TPSA) is 78.6 Å². The number of carbonyl (C=O) groups excluding carboxylic acids is 1. The number of rotatable bonds is 7. The van der Waals surface area contributed by atoms with Gasteiger partial charge in [0.1, 0.15) is 0 Å². The zero-order valence-electron chi connectivity index (χ0n) is 12.5. The van der Waals surface area contributed by atoms with Crippen LogP contribution in [0.4, 0.5) is 11.4 Å². The van der Waals surface area contributed by atoms with Crippen molar-refractivity contribution in [3.63, 3.8) is 0 Å². The number of nitrogens with zero attached hydrogens (tertiary/aromatic N) is 1. The van der Waals surface area contributed by atoms with Crippen LogP contribution in [0.25, 0.3) is 0 Å². The van der Waals surface area contributed by atoms with Crippen molar-refractivity contribution >= 4 is 17.3 Å². The number of carbonyl (C=O) groups is 1. The Morgan fingerprint density at radius 3 is 2.65 bits per heavy atom. The molecular formula is C15H25N3O2. The van der Waals surface area contributed by atoms with Gasteiger partial charge in [-0.2, -0.15) is 0 Å². The number of aryl methyl sites for hydroxylation is 1. The van der Waals surface area contributed by atoms with Crippen LogP contribution in [0.1, 0.15) is 25.8 Å². The fourth-order valence-corrected chi connectivity index (χ4v) is 2.22. The third kappa shape index (κ3) is 4.21. The minimum Gasteiger partial charge on any atom is -0.398 e. The standard InChI is InChI=1S/C15H25N3O2/c1-4-14(18(5-2)8-9-19)15(20)17-12-7-6-11(3)13(16)10-12/h6-7,10,14,19H,4-5,8-9,16H2,1-3H3,(H,17,20). The summed E-state index contributed by atoms with van der Waals surface area (Å²) in [4.78, 5) is 14.3. The van der Waals surface area contributed by atoms with Gasteiger partial charge in [-0.05, 0) is 37.6 Å². The Hall–Kier alpha value is -1.59. The molecule has 0 aliphatic carbocycles. The minimum absolute atomic E-state index is 0.0507. The summed E-state index contributed by atoms with van der Waals surface area (Å²) < 4.78 is 0. The number of likely N-dealkylation sites (N-methyl/N-ethyl adjacent to an activating group) is 1. The number of aliphatic hydroxyl groups is 1. The maximum atomic E-state index is 12.3. The van der Waals surface area contributed by atoms with Crippen molar-refractivity contribution in [3.8, 4) is 0 Å². The molecule has 0 aromatic heterocycles. The molecule has 1 aromatic carbocycles. The molecule has 0 fully saturated rings. The van der Waals surface area contributed by atoms with E-state index >= 15 is 0 Å². The number of benzene rings is 1. The van der Waals surface area contributed by atoms with E-state index in [1.807, 2.05) is 37.8 Å². The van der Waals surface area contributed by atoms with Crippen LogP contribution in [-0.2, 0) is 4.79 Å². The zero-order chi connectivity index (χ0) is 15.1. The van der Waals surface area contributed by atoms with Gasteiger partial charge >= 0.3 is 0 Å². The quantitative estimate of drug-likeness (QED) is 0.663. The largest absolute Gasteiger partial charge is 0.398 e. The Balaban J connectivity index is 2.78. The first-order valence-electron chi connectivity index (χ1n) is 7.05. The van der Waals surface area contributed by atoms with Crippen molar-refractivity contribution < 1.29 is 9.90 Å². The van der Waals surface area contributed by atoms with E-state index in [1.54, 1.807) is 6.07 Å². The Kier molecular flexibility index (Phi) is 6.48. The highest BCUT2D eigenvalue weighted by Gasteiger charge is 2.22. The lowest BCUT2D eigenvalue weighted by atomic mass is 10.1. The smallest absolute Gasteiger partial charge is 0.241 e. The number of nitrogens with one attached hydrogen (secondary N) is 1. The molecule has 1 amide bonds. The van der Waals surface area contributed by atoms with Crippen LogP contribution in [0.3, 0.4) is 0 Å². The van der Waals surface area contributed by atoms with E-state index < -0.39 is 0 Å². The molecule has 1 rings (SSSR count). The Bertz CT molecular complexity index is 449. The molecular weight excluding hydrogens is 254 g/mol. The summed E-state index contributed by atoms with van der Waals surface area (Å²) in [6, 6.07) is 5.26. The SMILES string of the molecule is CCC(C(=O)Nc1ccc(C)c(N)c1)N(CC)CCO. The van der Waals surface area contributed by atoms with Crippen LogP contribution in [0, 0.1) is 6.92 Å². The van der Waals surface area contributed by atoms with Gasteiger partial charge in [-0.15, -0.1) is 0 Å². The van der Waals surface area contributed by atoms with Crippen LogP contribution in [0.15, 0.2) is 18.2 Å². The second-order valence-corrected chi connectivity index (χ2v) is 4.84. The molecule has 0 saturated heterocycles. The van der Waals surface area contributed by atoms with Gasteiger partial charge < -0.3 is 16.2 Å². The number of aliphatic hydroxyl groups excluding tert-OH is 1. The lowest BCUT2D eigenvalue weighted by molar-refractivity contribution is -0.121. The third-order valence-corrected chi connectivity index (χ3v) is 3.47. The summed E-state index contributed by atoms with van der Waals surface area (Å²) in [5, 5.41) is 12.0. The maximum Gasteiger partial charge on any atom is 0.241 e. The Morgan fingerprint density at radius 1 is 1.45 bits per heavy atom. The van der Waals surface area contributed by atoms with Gasteiger partial charge in [0.15, 0.2) is 0 Å². The summed E-state index contributed by atoms with van der Waals surface area (Å²) in [6.07, 6.45) is 0.695. The van der Waals surface area contributed by atoms with Crippen LogP contribution >= 0.6 is 0 Å². The molecule has 0 aliphatic rings. The summed E-state index contributed by atoms with van der Waals surface area (Å²) in [6.45, 7) is 7.15. The highest BCUT2D eigenvalue weighted by molar-refractivity contribution is 5.95. The number of anilines is 2. The molecule has 0 heterocycles. The lowest BCUT2D eigenvalue weighted by Gasteiger charge is -2.28.